The fourth-order valence-electron chi connectivity index (χ4n) is 8.70. The summed E-state index contributed by atoms with van der Waals surface area (Å²) in [6, 6.07) is 16.6. The minimum Gasteiger partial charge on any atom is -0.481 e. The molecule has 2 saturated heterocycles. The average Bonchev–Trinajstić information content (AvgIpc) is 3.99. The minimum absolute atomic E-state index is 0.0984. The maximum atomic E-state index is 13.9. The fourth-order valence-corrected chi connectivity index (χ4v) is 8.97. The average molecular weight is 799 g/mol. The molecule has 3 aliphatic rings. The van der Waals surface area contributed by atoms with E-state index in [1.165, 1.54) is 0 Å². The lowest BCUT2D eigenvalue weighted by atomic mass is 9.96. The van der Waals surface area contributed by atoms with Gasteiger partial charge in [-0.1, -0.05) is 35.9 Å². The van der Waals surface area contributed by atoms with Gasteiger partial charge in [0, 0.05) is 66.7 Å². The number of hydrogen-bond acceptors (Lipinski definition) is 10. The molecule has 1 aliphatic carbocycles. The van der Waals surface area contributed by atoms with Crippen molar-refractivity contribution < 1.29 is 37.3 Å². The Bertz CT molecular complexity index is 2550. The maximum absolute atomic E-state index is 13.9. The highest BCUT2D eigenvalue weighted by Crippen LogP contribution is 2.48. The van der Waals surface area contributed by atoms with Gasteiger partial charge in [-0.05, 0) is 91.7 Å². The molecule has 57 heavy (non-hydrogen) atoms. The number of hydrogen-bond donors (Lipinski definition) is 3. The van der Waals surface area contributed by atoms with E-state index in [1.807, 2.05) is 54.4 Å². The number of fused-ring (bicyclic) bond motifs is 3. The number of β-amino-alcohol motifs (C(OH)–C–C–N with tert-alkyl or cyclic N) is 1. The standard InChI is InChI=1S/C42H38ClF3N6O5/c1-22-27(29-6-3-7-32(35(29)43)49-39-36-24(10-13-47-39)16-23(18-48-36)19-51-14-12-26(53)21-51)4-2-5-28(22)40-50-33-17-31-30(37(38(33)56-40)57-42(44,45)46)8-9-34(31)52-15-11-25(20-52)41(54)55/h2-7,10,13,16-18,25-26,34,53H,8-9,11-12,14-15,19-21H2,1H3,(H,47,49)(H,54,55)/t25-,26-,34-/m1/s1. The largest absolute Gasteiger partial charge is 0.573 e. The van der Waals surface area contributed by atoms with Gasteiger partial charge in [0.05, 0.1) is 22.7 Å². The number of aliphatic hydroxyl groups is 1. The second-order valence-electron chi connectivity index (χ2n) is 15.1. The molecule has 3 atom stereocenters. The molecule has 0 bridgehead atoms. The Balaban J connectivity index is 1.03. The molecule has 0 radical (unpaired) electrons. The third-order valence-electron chi connectivity index (χ3n) is 11.4. The highest BCUT2D eigenvalue weighted by atomic mass is 35.5. The molecule has 0 spiro atoms. The Morgan fingerprint density at radius 3 is 2.61 bits per heavy atom. The van der Waals surface area contributed by atoms with Crippen molar-refractivity contribution in [3.05, 3.63) is 94.3 Å². The van der Waals surface area contributed by atoms with Crippen molar-refractivity contribution in [2.24, 2.45) is 5.92 Å². The van der Waals surface area contributed by atoms with Crippen LogP contribution in [0.5, 0.6) is 5.75 Å². The summed E-state index contributed by atoms with van der Waals surface area (Å²) in [7, 11) is 0. The molecule has 9 rings (SSSR count). The number of aromatic nitrogens is 3. The van der Waals surface area contributed by atoms with Gasteiger partial charge in [-0.2, -0.15) is 0 Å². The number of aliphatic carboxylic acids is 1. The Hall–Kier alpha value is -5.28. The van der Waals surface area contributed by atoms with Gasteiger partial charge < -0.3 is 24.7 Å². The molecule has 0 saturated carbocycles. The quantitative estimate of drug-likeness (QED) is 0.130. The summed E-state index contributed by atoms with van der Waals surface area (Å²) in [5.74, 6) is -1.14. The molecule has 11 nitrogen and oxygen atoms in total. The first-order chi connectivity index (χ1) is 27.4. The SMILES string of the molecule is Cc1c(-c2nc3cc4c(c(OC(F)(F)F)c3o2)CC[C@H]4N2CC[C@@H](C(=O)O)C2)cccc1-c1cccc(Nc2nccc3cc(CN4CC[C@@H](O)C4)cnc23)c1Cl. The molecule has 6 aromatic rings. The fraction of sp³-hybridized carbons (Fsp3) is 0.333. The van der Waals surface area contributed by atoms with Crippen molar-refractivity contribution in [2.75, 3.05) is 31.5 Å². The molecule has 5 heterocycles. The Morgan fingerprint density at radius 1 is 1.04 bits per heavy atom. The maximum Gasteiger partial charge on any atom is 0.573 e. The predicted molar refractivity (Wildman–Crippen MR) is 208 cm³/mol. The van der Waals surface area contributed by atoms with E-state index in [2.05, 4.69) is 26.0 Å². The number of alkyl halides is 3. The van der Waals surface area contributed by atoms with Crippen molar-refractivity contribution in [2.45, 2.75) is 57.7 Å². The molecule has 0 unspecified atom stereocenters. The van der Waals surface area contributed by atoms with E-state index in [0.29, 0.717) is 89.7 Å². The van der Waals surface area contributed by atoms with E-state index >= 15 is 0 Å². The van der Waals surface area contributed by atoms with Crippen LogP contribution in [0, 0.1) is 12.8 Å². The van der Waals surface area contributed by atoms with Gasteiger partial charge in [-0.25, -0.2) is 9.97 Å². The zero-order valence-corrected chi connectivity index (χ0v) is 31.6. The van der Waals surface area contributed by atoms with Crippen LogP contribution in [0.15, 0.2) is 71.4 Å². The molecular formula is C42H38ClF3N6O5. The number of oxazole rings is 1. The number of likely N-dealkylation sites (tertiary alicyclic amines) is 2. The third kappa shape index (κ3) is 7.15. The van der Waals surface area contributed by atoms with Gasteiger partial charge >= 0.3 is 12.3 Å². The summed E-state index contributed by atoms with van der Waals surface area (Å²) in [5.41, 5.74) is 6.25. The van der Waals surface area contributed by atoms with Crippen LogP contribution in [-0.2, 0) is 17.8 Å². The zero-order chi connectivity index (χ0) is 39.6. The number of benzene rings is 3. The summed E-state index contributed by atoms with van der Waals surface area (Å²) in [5, 5.41) is 24.2. The summed E-state index contributed by atoms with van der Waals surface area (Å²) >= 11 is 7.11. The van der Waals surface area contributed by atoms with Crippen molar-refractivity contribution in [3.8, 4) is 28.3 Å². The molecular weight excluding hydrogens is 761 g/mol. The summed E-state index contributed by atoms with van der Waals surface area (Å²) in [6.07, 6.45) is 0.364. The van der Waals surface area contributed by atoms with Crippen molar-refractivity contribution in [3.63, 3.8) is 0 Å². The number of carbonyl (C=O) groups is 1. The van der Waals surface area contributed by atoms with Crippen LogP contribution in [0.4, 0.5) is 24.7 Å². The van der Waals surface area contributed by atoms with Crippen LogP contribution in [0.2, 0.25) is 5.02 Å². The van der Waals surface area contributed by atoms with Gasteiger partial charge in [-0.3, -0.25) is 19.6 Å². The van der Waals surface area contributed by atoms with Crippen LogP contribution in [-0.4, -0.2) is 79.6 Å². The lowest BCUT2D eigenvalue weighted by Crippen LogP contribution is -2.26. The van der Waals surface area contributed by atoms with E-state index < -0.39 is 24.0 Å². The van der Waals surface area contributed by atoms with Crippen LogP contribution in [0.25, 0.3) is 44.6 Å². The molecule has 0 amide bonds. The first kappa shape index (κ1) is 37.3. The Labute approximate surface area is 330 Å². The van der Waals surface area contributed by atoms with Gasteiger partial charge in [0.2, 0.25) is 5.89 Å². The third-order valence-corrected chi connectivity index (χ3v) is 11.9. The number of nitrogens with one attached hydrogen (secondary N) is 1. The van der Waals surface area contributed by atoms with Crippen LogP contribution >= 0.6 is 11.6 Å². The van der Waals surface area contributed by atoms with Gasteiger partial charge in [0.1, 0.15) is 11.0 Å². The number of anilines is 2. The first-order valence-corrected chi connectivity index (χ1v) is 19.3. The number of aliphatic hydroxyl groups excluding tert-OH is 1. The summed E-state index contributed by atoms with van der Waals surface area (Å²) in [4.78, 5) is 29.9. The predicted octanol–water partition coefficient (Wildman–Crippen LogP) is 8.67. The number of carboxylic acid groups (broad SMARTS) is 1. The summed E-state index contributed by atoms with van der Waals surface area (Å²) in [6.45, 7) is 4.91. The van der Waals surface area contributed by atoms with Crippen molar-refractivity contribution >= 4 is 51.1 Å². The molecule has 3 aromatic heterocycles. The zero-order valence-electron chi connectivity index (χ0n) is 30.8. The molecule has 3 aromatic carbocycles. The van der Waals surface area contributed by atoms with Gasteiger partial charge in [0.15, 0.2) is 17.2 Å². The number of rotatable bonds is 9. The highest BCUT2D eigenvalue weighted by molar-refractivity contribution is 6.36. The lowest BCUT2D eigenvalue weighted by molar-refractivity contribution is -0.274. The summed E-state index contributed by atoms with van der Waals surface area (Å²) < 4.78 is 52.5. The van der Waals surface area contributed by atoms with Crippen molar-refractivity contribution in [1.82, 2.24) is 24.8 Å². The molecule has 3 N–H and O–H groups in total. The number of pyridine rings is 2. The van der Waals surface area contributed by atoms with Gasteiger partial charge in [-0.15, -0.1) is 13.2 Å². The second kappa shape index (κ2) is 14.6. The van der Waals surface area contributed by atoms with Crippen LogP contribution < -0.4 is 10.1 Å². The second-order valence-corrected chi connectivity index (χ2v) is 15.5. The molecule has 2 fully saturated rings. The number of nitrogens with zero attached hydrogens (tertiary/aromatic N) is 5. The van der Waals surface area contributed by atoms with E-state index in [0.717, 1.165) is 35.0 Å². The molecule has 15 heteroatoms. The normalized spacial score (nSPS) is 20.1. The minimum atomic E-state index is -4.97. The van der Waals surface area contributed by atoms with Crippen molar-refractivity contribution in [1.29, 1.82) is 0 Å². The van der Waals surface area contributed by atoms with E-state index in [-0.39, 0.29) is 29.1 Å². The monoisotopic (exact) mass is 798 g/mol. The Kier molecular flexibility index (Phi) is 9.55. The number of carboxylic acids is 1. The Morgan fingerprint density at radius 2 is 1.84 bits per heavy atom. The topological polar surface area (TPSA) is 137 Å². The number of halogens is 4. The lowest BCUT2D eigenvalue weighted by Gasteiger charge is -2.24. The van der Waals surface area contributed by atoms with Gasteiger partial charge in [0.25, 0.3) is 0 Å². The van der Waals surface area contributed by atoms with Crippen LogP contribution in [0.1, 0.15) is 47.6 Å². The molecule has 2 aliphatic heterocycles. The smallest absolute Gasteiger partial charge is 0.481 e. The highest BCUT2D eigenvalue weighted by Gasteiger charge is 2.41. The van der Waals surface area contributed by atoms with Crippen LogP contribution in [0.3, 0.4) is 0 Å². The number of ether oxygens (including phenoxy) is 1. The molecule has 294 valence electrons. The van der Waals surface area contributed by atoms with E-state index in [9.17, 15) is 28.2 Å². The van der Waals surface area contributed by atoms with E-state index in [1.54, 1.807) is 18.3 Å². The first-order valence-electron chi connectivity index (χ1n) is 18.9. The van der Waals surface area contributed by atoms with E-state index in [4.69, 9.17) is 26.0 Å².